The van der Waals surface area contributed by atoms with E-state index < -0.39 is 0 Å². The SMILES string of the molecule is CCOc1ccc(/C=N\N(C(=O)c2ccco2)c2nc3ccccc3s2)cc1. The smallest absolute Gasteiger partial charge is 0.316 e. The Hall–Kier alpha value is -3.45. The second-order valence-corrected chi connectivity index (χ2v) is 6.81. The van der Waals surface area contributed by atoms with Gasteiger partial charge in [0.2, 0.25) is 5.13 Å². The van der Waals surface area contributed by atoms with Crippen LogP contribution in [0.2, 0.25) is 0 Å². The van der Waals surface area contributed by atoms with Crippen LogP contribution in [0.1, 0.15) is 23.0 Å². The molecule has 0 N–H and O–H groups in total. The minimum Gasteiger partial charge on any atom is -0.494 e. The summed E-state index contributed by atoms with van der Waals surface area (Å²) >= 11 is 1.39. The van der Waals surface area contributed by atoms with Crippen LogP contribution in [0.15, 0.2) is 76.4 Å². The van der Waals surface area contributed by atoms with E-state index in [4.69, 9.17) is 9.15 Å². The zero-order chi connectivity index (χ0) is 19.3. The highest BCUT2D eigenvalue weighted by molar-refractivity contribution is 7.22. The average molecular weight is 391 g/mol. The second-order valence-electron chi connectivity index (χ2n) is 5.81. The molecule has 2 aromatic carbocycles. The fourth-order valence-electron chi connectivity index (χ4n) is 2.59. The molecule has 7 heteroatoms. The van der Waals surface area contributed by atoms with Gasteiger partial charge in [-0.05, 0) is 61.0 Å². The first-order valence-electron chi connectivity index (χ1n) is 8.75. The lowest BCUT2D eigenvalue weighted by atomic mass is 10.2. The number of carbonyl (C=O) groups is 1. The van der Waals surface area contributed by atoms with Crippen LogP contribution in [0, 0.1) is 0 Å². The van der Waals surface area contributed by atoms with E-state index in [1.807, 2.05) is 55.5 Å². The van der Waals surface area contributed by atoms with Gasteiger partial charge in [0.1, 0.15) is 5.75 Å². The van der Waals surface area contributed by atoms with E-state index in [2.05, 4.69) is 10.1 Å². The van der Waals surface area contributed by atoms with Gasteiger partial charge in [-0.15, -0.1) is 0 Å². The van der Waals surface area contributed by atoms with E-state index in [9.17, 15) is 4.79 Å². The number of aromatic nitrogens is 1. The maximum Gasteiger partial charge on any atom is 0.316 e. The van der Waals surface area contributed by atoms with Crippen molar-refractivity contribution in [3.8, 4) is 5.75 Å². The predicted molar refractivity (Wildman–Crippen MR) is 110 cm³/mol. The number of furan rings is 1. The maximum absolute atomic E-state index is 12.9. The molecule has 0 spiro atoms. The number of nitrogens with zero attached hydrogens (tertiary/aromatic N) is 3. The Morgan fingerprint density at radius 3 is 2.71 bits per heavy atom. The van der Waals surface area contributed by atoms with E-state index in [1.165, 1.54) is 22.6 Å². The fourth-order valence-corrected chi connectivity index (χ4v) is 3.51. The Morgan fingerprint density at radius 1 is 1.18 bits per heavy atom. The van der Waals surface area contributed by atoms with Crippen molar-refractivity contribution in [3.63, 3.8) is 0 Å². The highest BCUT2D eigenvalue weighted by Crippen LogP contribution is 2.30. The number of rotatable bonds is 6. The van der Waals surface area contributed by atoms with Gasteiger partial charge in [-0.2, -0.15) is 10.1 Å². The van der Waals surface area contributed by atoms with Gasteiger partial charge in [0.25, 0.3) is 0 Å². The molecule has 0 unspecified atom stereocenters. The zero-order valence-corrected chi connectivity index (χ0v) is 15.9. The third-order valence-electron chi connectivity index (χ3n) is 3.90. The summed E-state index contributed by atoms with van der Waals surface area (Å²) in [6.45, 7) is 2.54. The fraction of sp³-hybridized carbons (Fsp3) is 0.0952. The van der Waals surface area contributed by atoms with Crippen LogP contribution in [-0.4, -0.2) is 23.7 Å². The first-order chi connectivity index (χ1) is 13.7. The van der Waals surface area contributed by atoms with Gasteiger partial charge in [-0.1, -0.05) is 23.5 Å². The molecular weight excluding hydrogens is 374 g/mol. The molecule has 6 nitrogen and oxygen atoms in total. The Morgan fingerprint density at radius 2 is 2.00 bits per heavy atom. The molecule has 4 rings (SSSR count). The molecule has 0 saturated heterocycles. The molecule has 0 radical (unpaired) electrons. The summed E-state index contributed by atoms with van der Waals surface area (Å²) in [5.41, 5.74) is 1.65. The summed E-state index contributed by atoms with van der Waals surface area (Å²) in [6.07, 6.45) is 3.07. The van der Waals surface area contributed by atoms with Gasteiger partial charge in [0, 0.05) is 0 Å². The summed E-state index contributed by atoms with van der Waals surface area (Å²) in [5, 5.41) is 6.14. The van der Waals surface area contributed by atoms with Gasteiger partial charge in [0.05, 0.1) is 29.3 Å². The predicted octanol–water partition coefficient (Wildman–Crippen LogP) is 4.97. The Bertz CT molecular complexity index is 1070. The van der Waals surface area contributed by atoms with Crippen LogP contribution in [0.3, 0.4) is 0 Å². The van der Waals surface area contributed by atoms with Crippen molar-refractivity contribution in [3.05, 3.63) is 78.3 Å². The van der Waals surface area contributed by atoms with Crippen LogP contribution in [0.25, 0.3) is 10.2 Å². The molecule has 28 heavy (non-hydrogen) atoms. The lowest BCUT2D eigenvalue weighted by molar-refractivity contribution is 0.0961. The summed E-state index contributed by atoms with van der Waals surface area (Å²) in [7, 11) is 0. The lowest BCUT2D eigenvalue weighted by Gasteiger charge is -2.12. The maximum atomic E-state index is 12.9. The minimum atomic E-state index is -0.383. The van der Waals surface area contributed by atoms with Crippen molar-refractivity contribution < 1.29 is 13.9 Å². The average Bonchev–Trinajstić information content (AvgIpc) is 3.39. The van der Waals surface area contributed by atoms with Crippen molar-refractivity contribution in [2.75, 3.05) is 11.6 Å². The molecule has 0 aliphatic rings. The first kappa shape index (κ1) is 17.9. The van der Waals surface area contributed by atoms with Crippen LogP contribution in [0.4, 0.5) is 5.13 Å². The number of hydrazone groups is 1. The summed E-state index contributed by atoms with van der Waals surface area (Å²) in [6, 6.07) is 18.5. The topological polar surface area (TPSA) is 67.9 Å². The highest BCUT2D eigenvalue weighted by atomic mass is 32.1. The van der Waals surface area contributed by atoms with Crippen LogP contribution < -0.4 is 9.75 Å². The Balaban J connectivity index is 1.67. The summed E-state index contributed by atoms with van der Waals surface area (Å²) in [4.78, 5) is 17.5. The summed E-state index contributed by atoms with van der Waals surface area (Å²) in [5.74, 6) is 0.601. The molecule has 0 bridgehead atoms. The third kappa shape index (κ3) is 3.79. The van der Waals surface area contributed by atoms with Gasteiger partial charge in [0.15, 0.2) is 5.76 Å². The van der Waals surface area contributed by atoms with Gasteiger partial charge < -0.3 is 9.15 Å². The molecule has 0 aliphatic heterocycles. The number of benzene rings is 2. The zero-order valence-electron chi connectivity index (χ0n) is 15.1. The summed E-state index contributed by atoms with van der Waals surface area (Å²) < 4.78 is 11.7. The number of ether oxygens (including phenoxy) is 1. The van der Waals surface area contributed by atoms with E-state index >= 15 is 0 Å². The molecule has 140 valence electrons. The van der Waals surface area contributed by atoms with Crippen molar-refractivity contribution in [1.29, 1.82) is 0 Å². The number of amides is 1. The standard InChI is InChI=1S/C21H17N3O3S/c1-2-26-16-11-9-15(10-12-16)14-22-24(20(25)18-7-5-13-27-18)21-23-17-6-3-4-8-19(17)28-21/h3-14H,2H2,1H3/b22-14-. The number of fused-ring (bicyclic) bond motifs is 1. The van der Waals surface area contributed by atoms with Crippen LogP contribution >= 0.6 is 11.3 Å². The molecule has 0 atom stereocenters. The van der Waals surface area contributed by atoms with E-state index in [-0.39, 0.29) is 11.7 Å². The lowest BCUT2D eigenvalue weighted by Crippen LogP contribution is -2.25. The largest absolute Gasteiger partial charge is 0.494 e. The minimum absolute atomic E-state index is 0.197. The number of anilines is 1. The van der Waals surface area contributed by atoms with Crippen LogP contribution in [-0.2, 0) is 0 Å². The molecular formula is C21H17N3O3S. The number of hydrogen-bond donors (Lipinski definition) is 0. The first-order valence-corrected chi connectivity index (χ1v) is 9.56. The number of para-hydroxylation sites is 1. The molecule has 0 saturated carbocycles. The highest BCUT2D eigenvalue weighted by Gasteiger charge is 2.22. The molecule has 2 heterocycles. The van der Waals surface area contributed by atoms with Gasteiger partial charge in [-0.25, -0.2) is 4.98 Å². The van der Waals surface area contributed by atoms with E-state index in [1.54, 1.807) is 18.3 Å². The second kappa shape index (κ2) is 8.06. The van der Waals surface area contributed by atoms with E-state index in [0.717, 1.165) is 21.5 Å². The number of hydrogen-bond acceptors (Lipinski definition) is 6. The number of carbonyl (C=O) groups excluding carboxylic acids is 1. The van der Waals surface area contributed by atoms with Crippen molar-refractivity contribution in [2.24, 2.45) is 5.10 Å². The normalized spacial score (nSPS) is 11.2. The van der Waals surface area contributed by atoms with Crippen molar-refractivity contribution in [1.82, 2.24) is 4.98 Å². The third-order valence-corrected chi connectivity index (χ3v) is 4.91. The molecule has 0 fully saturated rings. The molecule has 1 amide bonds. The van der Waals surface area contributed by atoms with Crippen LogP contribution in [0.5, 0.6) is 5.75 Å². The quantitative estimate of drug-likeness (QED) is 0.344. The molecule has 0 aliphatic carbocycles. The van der Waals surface area contributed by atoms with Gasteiger partial charge >= 0.3 is 5.91 Å². The molecule has 2 aromatic heterocycles. The Labute approximate surface area is 165 Å². The molecule has 4 aromatic rings. The Kier molecular flexibility index (Phi) is 5.16. The van der Waals surface area contributed by atoms with E-state index in [0.29, 0.717) is 11.7 Å². The van der Waals surface area contributed by atoms with Gasteiger partial charge in [-0.3, -0.25) is 4.79 Å². The van der Waals surface area contributed by atoms with Crippen molar-refractivity contribution >= 4 is 38.8 Å². The van der Waals surface area contributed by atoms with Crippen molar-refractivity contribution in [2.45, 2.75) is 6.92 Å². The monoisotopic (exact) mass is 391 g/mol. The number of thiazole rings is 1.